The van der Waals surface area contributed by atoms with Gasteiger partial charge in [-0.25, -0.2) is 4.79 Å². The molecule has 0 saturated carbocycles. The number of esters is 1. The number of nitrogens with zero attached hydrogens (tertiary/aromatic N) is 1. The maximum Gasteiger partial charge on any atom is 0.325 e. The van der Waals surface area contributed by atoms with E-state index >= 15 is 0 Å². The summed E-state index contributed by atoms with van der Waals surface area (Å²) in [5.41, 5.74) is 0. The lowest BCUT2D eigenvalue weighted by Crippen LogP contribution is -2.43. The number of urea groups is 1. The molecule has 0 spiro atoms. The van der Waals surface area contributed by atoms with Gasteiger partial charge in [0.2, 0.25) is 0 Å². The molecular weight excluding hydrogens is 220 g/mol. The summed E-state index contributed by atoms with van der Waals surface area (Å²) in [7, 11) is 0. The highest BCUT2D eigenvalue weighted by Crippen LogP contribution is 1.95. The standard InChI is InChI=1S/C12H24N2O3/c1-4-7-8-13-12(16)14(9-5-2)10-11(15)17-6-3/h4-10H2,1-3H3,(H,13,16). The van der Waals surface area contributed by atoms with Gasteiger partial charge in [-0.2, -0.15) is 0 Å². The minimum absolute atomic E-state index is 0.0274. The molecule has 17 heavy (non-hydrogen) atoms. The number of unbranched alkanes of at least 4 members (excludes halogenated alkanes) is 1. The predicted octanol–water partition coefficient (Wildman–Crippen LogP) is 1.77. The van der Waals surface area contributed by atoms with Gasteiger partial charge in [-0.3, -0.25) is 4.79 Å². The van der Waals surface area contributed by atoms with E-state index in [1.807, 2.05) is 6.92 Å². The topological polar surface area (TPSA) is 58.6 Å². The Balaban J connectivity index is 4.10. The summed E-state index contributed by atoms with van der Waals surface area (Å²) in [6, 6.07) is -0.187. The summed E-state index contributed by atoms with van der Waals surface area (Å²) >= 11 is 0. The molecule has 1 N–H and O–H groups in total. The van der Waals surface area contributed by atoms with Gasteiger partial charge in [0, 0.05) is 13.1 Å². The highest BCUT2D eigenvalue weighted by atomic mass is 16.5. The zero-order valence-electron chi connectivity index (χ0n) is 11.1. The van der Waals surface area contributed by atoms with Gasteiger partial charge in [0.1, 0.15) is 6.54 Å². The molecule has 0 rings (SSSR count). The van der Waals surface area contributed by atoms with Crippen LogP contribution in [0.2, 0.25) is 0 Å². The molecule has 0 aliphatic carbocycles. The van der Waals surface area contributed by atoms with Crippen molar-refractivity contribution in [1.82, 2.24) is 10.2 Å². The summed E-state index contributed by atoms with van der Waals surface area (Å²) in [6.45, 7) is 7.38. The van der Waals surface area contributed by atoms with Gasteiger partial charge in [0.05, 0.1) is 6.61 Å². The third-order valence-electron chi connectivity index (χ3n) is 2.21. The monoisotopic (exact) mass is 244 g/mol. The van der Waals surface area contributed by atoms with Gasteiger partial charge in [-0.05, 0) is 19.8 Å². The van der Waals surface area contributed by atoms with Crippen molar-refractivity contribution >= 4 is 12.0 Å². The fraction of sp³-hybridized carbons (Fsp3) is 0.833. The molecule has 0 aliphatic rings. The zero-order chi connectivity index (χ0) is 13.1. The van der Waals surface area contributed by atoms with E-state index < -0.39 is 0 Å². The number of hydrogen-bond acceptors (Lipinski definition) is 3. The molecule has 0 aromatic heterocycles. The Morgan fingerprint density at radius 1 is 1.18 bits per heavy atom. The van der Waals surface area contributed by atoms with Crippen LogP contribution in [-0.2, 0) is 9.53 Å². The van der Waals surface area contributed by atoms with E-state index in [0.29, 0.717) is 19.7 Å². The number of carbonyl (C=O) groups excluding carboxylic acids is 2. The van der Waals surface area contributed by atoms with Gasteiger partial charge in [0.15, 0.2) is 0 Å². The van der Waals surface area contributed by atoms with E-state index in [9.17, 15) is 9.59 Å². The zero-order valence-corrected chi connectivity index (χ0v) is 11.1. The fourth-order valence-corrected chi connectivity index (χ4v) is 1.37. The lowest BCUT2D eigenvalue weighted by molar-refractivity contribution is -0.143. The quantitative estimate of drug-likeness (QED) is 0.523. The molecular formula is C12H24N2O3. The second kappa shape index (κ2) is 9.93. The lowest BCUT2D eigenvalue weighted by atomic mass is 10.3. The van der Waals surface area contributed by atoms with Crippen LogP contribution >= 0.6 is 0 Å². The molecule has 0 atom stereocenters. The van der Waals surface area contributed by atoms with Gasteiger partial charge < -0.3 is 15.0 Å². The van der Waals surface area contributed by atoms with Crippen LogP contribution in [0.15, 0.2) is 0 Å². The van der Waals surface area contributed by atoms with E-state index in [2.05, 4.69) is 12.2 Å². The van der Waals surface area contributed by atoms with Crippen LogP contribution in [0.3, 0.4) is 0 Å². The first kappa shape index (κ1) is 15.7. The minimum atomic E-state index is -0.355. The largest absolute Gasteiger partial charge is 0.465 e. The Morgan fingerprint density at radius 3 is 2.41 bits per heavy atom. The molecule has 0 heterocycles. The summed E-state index contributed by atoms with van der Waals surface area (Å²) in [5.74, 6) is -0.355. The van der Waals surface area contributed by atoms with Crippen molar-refractivity contribution < 1.29 is 14.3 Å². The molecule has 0 unspecified atom stereocenters. The number of amides is 2. The van der Waals surface area contributed by atoms with Crippen LogP contribution in [0.25, 0.3) is 0 Å². The first-order chi connectivity index (χ1) is 8.15. The average molecular weight is 244 g/mol. The first-order valence-corrected chi connectivity index (χ1v) is 6.34. The molecule has 0 aromatic rings. The Hall–Kier alpha value is -1.26. The van der Waals surface area contributed by atoms with Crippen molar-refractivity contribution in [2.75, 3.05) is 26.2 Å². The van der Waals surface area contributed by atoms with Crippen LogP contribution in [0.5, 0.6) is 0 Å². The number of nitrogens with one attached hydrogen (secondary N) is 1. The van der Waals surface area contributed by atoms with Crippen molar-refractivity contribution in [1.29, 1.82) is 0 Å². The number of ether oxygens (including phenoxy) is 1. The molecule has 0 aromatic carbocycles. The second-order valence-corrected chi connectivity index (χ2v) is 3.81. The maximum atomic E-state index is 11.8. The molecule has 0 bridgehead atoms. The molecule has 0 fully saturated rings. The third-order valence-corrected chi connectivity index (χ3v) is 2.21. The van der Waals surface area contributed by atoms with E-state index in [-0.39, 0.29) is 18.5 Å². The number of hydrogen-bond donors (Lipinski definition) is 1. The Bertz CT molecular complexity index is 232. The van der Waals surface area contributed by atoms with Crippen LogP contribution in [0.4, 0.5) is 4.79 Å². The SMILES string of the molecule is CCCCNC(=O)N(CCC)CC(=O)OCC. The van der Waals surface area contributed by atoms with Gasteiger partial charge in [-0.15, -0.1) is 0 Å². The highest BCUT2D eigenvalue weighted by Gasteiger charge is 2.16. The fourth-order valence-electron chi connectivity index (χ4n) is 1.37. The van der Waals surface area contributed by atoms with Crippen LogP contribution in [-0.4, -0.2) is 43.1 Å². The molecule has 5 heteroatoms. The Kier molecular flexibility index (Phi) is 9.19. The minimum Gasteiger partial charge on any atom is -0.465 e. The van der Waals surface area contributed by atoms with Crippen LogP contribution in [0, 0.1) is 0 Å². The Labute approximate surface area is 103 Å². The molecule has 5 nitrogen and oxygen atoms in total. The van der Waals surface area contributed by atoms with Gasteiger partial charge in [-0.1, -0.05) is 20.3 Å². The molecule has 0 radical (unpaired) electrons. The van der Waals surface area contributed by atoms with Crippen molar-refractivity contribution in [3.63, 3.8) is 0 Å². The Morgan fingerprint density at radius 2 is 1.88 bits per heavy atom. The summed E-state index contributed by atoms with van der Waals surface area (Å²) in [4.78, 5) is 24.6. The highest BCUT2D eigenvalue weighted by molar-refractivity contribution is 5.80. The van der Waals surface area contributed by atoms with Crippen LogP contribution in [0.1, 0.15) is 40.0 Å². The summed E-state index contributed by atoms with van der Waals surface area (Å²) in [6.07, 6.45) is 2.80. The molecule has 100 valence electrons. The van der Waals surface area contributed by atoms with Gasteiger partial charge in [0.25, 0.3) is 0 Å². The van der Waals surface area contributed by atoms with Crippen molar-refractivity contribution in [3.05, 3.63) is 0 Å². The third kappa shape index (κ3) is 7.60. The maximum absolute atomic E-state index is 11.8. The van der Waals surface area contributed by atoms with Crippen molar-refractivity contribution in [3.8, 4) is 0 Å². The number of rotatable bonds is 8. The van der Waals surface area contributed by atoms with Gasteiger partial charge >= 0.3 is 12.0 Å². The number of carbonyl (C=O) groups is 2. The summed E-state index contributed by atoms with van der Waals surface area (Å²) in [5, 5.41) is 2.80. The lowest BCUT2D eigenvalue weighted by Gasteiger charge is -2.21. The first-order valence-electron chi connectivity index (χ1n) is 6.34. The summed E-state index contributed by atoms with van der Waals surface area (Å²) < 4.78 is 4.83. The van der Waals surface area contributed by atoms with Crippen molar-refractivity contribution in [2.45, 2.75) is 40.0 Å². The normalized spacial score (nSPS) is 9.82. The molecule has 2 amide bonds. The smallest absolute Gasteiger partial charge is 0.325 e. The predicted molar refractivity (Wildman–Crippen MR) is 66.8 cm³/mol. The average Bonchev–Trinajstić information content (AvgIpc) is 2.29. The van der Waals surface area contributed by atoms with E-state index in [1.54, 1.807) is 6.92 Å². The van der Waals surface area contributed by atoms with E-state index in [1.165, 1.54) is 4.90 Å². The molecule has 0 saturated heterocycles. The van der Waals surface area contributed by atoms with Crippen molar-refractivity contribution in [2.24, 2.45) is 0 Å². The van der Waals surface area contributed by atoms with E-state index in [4.69, 9.17) is 4.74 Å². The second-order valence-electron chi connectivity index (χ2n) is 3.81. The van der Waals surface area contributed by atoms with Crippen LogP contribution < -0.4 is 5.32 Å². The molecule has 0 aliphatic heterocycles. The van der Waals surface area contributed by atoms with E-state index in [0.717, 1.165) is 19.3 Å².